The van der Waals surface area contributed by atoms with Crippen LogP contribution in [0.5, 0.6) is 0 Å². The Hall–Kier alpha value is -2.30. The highest BCUT2D eigenvalue weighted by Gasteiger charge is 2.35. The van der Waals surface area contributed by atoms with Crippen molar-refractivity contribution in [3.63, 3.8) is 0 Å². The summed E-state index contributed by atoms with van der Waals surface area (Å²) in [7, 11) is 0. The van der Waals surface area contributed by atoms with E-state index < -0.39 is 5.97 Å². The van der Waals surface area contributed by atoms with Crippen LogP contribution >= 0.6 is 0 Å². The first kappa shape index (κ1) is 13.7. The normalized spacial score (nSPS) is 15.9. The van der Waals surface area contributed by atoms with Crippen LogP contribution in [0.1, 0.15) is 36.4 Å². The lowest BCUT2D eigenvalue weighted by Gasteiger charge is -2.19. The van der Waals surface area contributed by atoms with Gasteiger partial charge in [-0.1, -0.05) is 18.2 Å². The number of carbonyl (C=O) groups is 1. The number of carboxylic acid groups (broad SMARTS) is 1. The molecule has 1 aromatic heterocycles. The summed E-state index contributed by atoms with van der Waals surface area (Å²) in [6, 6.07) is 7.61. The van der Waals surface area contributed by atoms with E-state index >= 15 is 0 Å². The Morgan fingerprint density at radius 2 is 2.14 bits per heavy atom. The molecule has 5 heteroatoms. The molecular formula is C16H18N2O3. The molecule has 2 aromatic rings. The Morgan fingerprint density at radius 3 is 2.71 bits per heavy atom. The maximum absolute atomic E-state index is 12.0. The highest BCUT2D eigenvalue weighted by atomic mass is 16.4. The topological polar surface area (TPSA) is 75.1 Å². The summed E-state index contributed by atoms with van der Waals surface area (Å²) in [5.74, 6) is -0.406. The molecule has 0 spiro atoms. The number of nitrogens with zero attached hydrogens (tertiary/aromatic N) is 1. The minimum Gasteiger partial charge on any atom is -0.481 e. The third kappa shape index (κ3) is 2.63. The number of rotatable bonds is 5. The fourth-order valence-electron chi connectivity index (χ4n) is 2.98. The second-order valence-corrected chi connectivity index (χ2v) is 5.67. The Bertz CT molecular complexity index is 725. The van der Waals surface area contributed by atoms with Gasteiger partial charge in [0.1, 0.15) is 0 Å². The Morgan fingerprint density at radius 1 is 1.43 bits per heavy atom. The molecule has 2 N–H and O–H groups in total. The predicted octanol–water partition coefficient (Wildman–Crippen LogP) is 2.44. The smallest absolute Gasteiger partial charge is 0.330 e. The Labute approximate surface area is 122 Å². The number of nitrogens with one attached hydrogen (secondary N) is 1. The molecule has 0 bridgehead atoms. The number of H-pyrrole nitrogens is 1. The van der Waals surface area contributed by atoms with Gasteiger partial charge in [0.05, 0.1) is 12.1 Å². The number of aryl methyl sites for hydroxylation is 1. The zero-order valence-corrected chi connectivity index (χ0v) is 11.9. The second-order valence-electron chi connectivity index (χ2n) is 5.67. The van der Waals surface area contributed by atoms with Crippen molar-refractivity contribution in [2.24, 2.45) is 5.92 Å². The van der Waals surface area contributed by atoms with Gasteiger partial charge in [0, 0.05) is 11.9 Å². The molecule has 0 saturated heterocycles. The molecule has 1 aromatic carbocycles. The average molecular weight is 286 g/mol. The van der Waals surface area contributed by atoms with E-state index in [2.05, 4.69) is 4.98 Å². The zero-order valence-electron chi connectivity index (χ0n) is 11.9. The number of aromatic amines is 1. The van der Waals surface area contributed by atoms with Crippen molar-refractivity contribution in [2.45, 2.75) is 32.1 Å². The molecule has 0 amide bonds. The lowest BCUT2D eigenvalue weighted by molar-refractivity contribution is -0.137. The van der Waals surface area contributed by atoms with Gasteiger partial charge >= 0.3 is 11.7 Å². The molecule has 21 heavy (non-hydrogen) atoms. The second kappa shape index (κ2) is 5.24. The van der Waals surface area contributed by atoms with Gasteiger partial charge in [-0.05, 0) is 43.2 Å². The number of para-hydroxylation sites is 1. The third-order valence-electron chi connectivity index (χ3n) is 4.12. The van der Waals surface area contributed by atoms with Crippen LogP contribution in [0.2, 0.25) is 0 Å². The van der Waals surface area contributed by atoms with Crippen molar-refractivity contribution in [1.29, 1.82) is 0 Å². The van der Waals surface area contributed by atoms with E-state index in [1.165, 1.54) is 0 Å². The molecule has 1 heterocycles. The largest absolute Gasteiger partial charge is 0.481 e. The van der Waals surface area contributed by atoms with Crippen molar-refractivity contribution in [3.05, 3.63) is 52.2 Å². The third-order valence-corrected chi connectivity index (χ3v) is 4.12. The SMILES string of the molecule is Cc1c[nH]c(=O)n1-c1ccccc1C(CC(=O)O)C1CC1. The van der Waals surface area contributed by atoms with E-state index in [0.29, 0.717) is 5.92 Å². The standard InChI is InChI=1S/C16H18N2O3/c1-10-9-17-16(21)18(10)14-5-3-2-4-12(14)13(8-15(19)20)11-6-7-11/h2-5,9,11,13H,6-8H2,1H3,(H,17,21)(H,19,20). The van der Waals surface area contributed by atoms with Gasteiger partial charge in [-0.25, -0.2) is 4.79 Å². The average Bonchev–Trinajstić information content (AvgIpc) is 3.23. The van der Waals surface area contributed by atoms with E-state index in [4.69, 9.17) is 0 Å². The van der Waals surface area contributed by atoms with E-state index in [1.54, 1.807) is 10.8 Å². The van der Waals surface area contributed by atoms with Gasteiger partial charge in [0.15, 0.2) is 0 Å². The molecule has 110 valence electrons. The van der Waals surface area contributed by atoms with E-state index in [9.17, 15) is 14.7 Å². The summed E-state index contributed by atoms with van der Waals surface area (Å²) in [6.07, 6.45) is 3.91. The summed E-state index contributed by atoms with van der Waals surface area (Å²) < 4.78 is 1.62. The molecule has 1 fully saturated rings. The molecule has 3 rings (SSSR count). The minimum atomic E-state index is -0.792. The number of hydrogen-bond donors (Lipinski definition) is 2. The van der Waals surface area contributed by atoms with Gasteiger partial charge in [-0.3, -0.25) is 9.36 Å². The molecular weight excluding hydrogens is 268 g/mol. The number of aromatic nitrogens is 2. The lowest BCUT2D eigenvalue weighted by Crippen LogP contribution is -2.19. The Balaban J connectivity index is 2.11. The molecule has 5 nitrogen and oxygen atoms in total. The molecule has 1 saturated carbocycles. The summed E-state index contributed by atoms with van der Waals surface area (Å²) in [4.78, 5) is 25.9. The maximum atomic E-state index is 12.0. The zero-order chi connectivity index (χ0) is 15.0. The molecule has 1 aliphatic carbocycles. The first-order valence-electron chi connectivity index (χ1n) is 7.16. The van der Waals surface area contributed by atoms with Crippen LogP contribution in [-0.2, 0) is 4.79 Å². The fraction of sp³-hybridized carbons (Fsp3) is 0.375. The van der Waals surface area contributed by atoms with E-state index in [1.807, 2.05) is 31.2 Å². The van der Waals surface area contributed by atoms with Crippen LogP contribution in [0.4, 0.5) is 0 Å². The van der Waals surface area contributed by atoms with Crippen molar-refractivity contribution in [2.75, 3.05) is 0 Å². The highest BCUT2D eigenvalue weighted by Crippen LogP contribution is 2.45. The fourth-order valence-corrected chi connectivity index (χ4v) is 2.98. The van der Waals surface area contributed by atoms with E-state index in [0.717, 1.165) is 29.8 Å². The number of benzene rings is 1. The minimum absolute atomic E-state index is 0.0279. The van der Waals surface area contributed by atoms with Crippen molar-refractivity contribution in [3.8, 4) is 5.69 Å². The van der Waals surface area contributed by atoms with Gasteiger partial charge < -0.3 is 10.1 Å². The van der Waals surface area contributed by atoms with Crippen molar-refractivity contribution < 1.29 is 9.90 Å². The summed E-state index contributed by atoms with van der Waals surface area (Å²) in [5.41, 5.74) is 2.37. The van der Waals surface area contributed by atoms with Crippen LogP contribution < -0.4 is 5.69 Å². The first-order valence-corrected chi connectivity index (χ1v) is 7.16. The predicted molar refractivity (Wildman–Crippen MR) is 78.8 cm³/mol. The molecule has 1 atom stereocenters. The van der Waals surface area contributed by atoms with Gasteiger partial charge in [0.2, 0.25) is 0 Å². The quantitative estimate of drug-likeness (QED) is 0.886. The summed E-state index contributed by atoms with van der Waals surface area (Å²) in [5, 5.41) is 9.18. The number of aliphatic carboxylic acids is 1. The van der Waals surface area contributed by atoms with Crippen LogP contribution in [0.3, 0.4) is 0 Å². The summed E-state index contributed by atoms with van der Waals surface area (Å²) in [6.45, 7) is 1.86. The number of imidazole rings is 1. The Kier molecular flexibility index (Phi) is 3.41. The molecule has 1 aliphatic rings. The number of carboxylic acids is 1. The van der Waals surface area contributed by atoms with Gasteiger partial charge in [-0.2, -0.15) is 0 Å². The molecule has 0 aliphatic heterocycles. The van der Waals surface area contributed by atoms with Crippen molar-refractivity contribution >= 4 is 5.97 Å². The van der Waals surface area contributed by atoms with Crippen LogP contribution in [0.25, 0.3) is 5.69 Å². The van der Waals surface area contributed by atoms with Crippen LogP contribution in [0.15, 0.2) is 35.3 Å². The number of hydrogen-bond acceptors (Lipinski definition) is 2. The summed E-state index contributed by atoms with van der Waals surface area (Å²) >= 11 is 0. The molecule has 1 unspecified atom stereocenters. The van der Waals surface area contributed by atoms with Crippen LogP contribution in [-0.4, -0.2) is 20.6 Å². The van der Waals surface area contributed by atoms with Gasteiger partial charge in [0.25, 0.3) is 0 Å². The van der Waals surface area contributed by atoms with Crippen molar-refractivity contribution in [1.82, 2.24) is 9.55 Å². The van der Waals surface area contributed by atoms with Crippen LogP contribution in [0, 0.1) is 12.8 Å². The van der Waals surface area contributed by atoms with Gasteiger partial charge in [-0.15, -0.1) is 0 Å². The first-order chi connectivity index (χ1) is 10.1. The van der Waals surface area contributed by atoms with E-state index in [-0.39, 0.29) is 18.0 Å². The molecule has 0 radical (unpaired) electrons. The highest BCUT2D eigenvalue weighted by molar-refractivity contribution is 5.68. The lowest BCUT2D eigenvalue weighted by atomic mass is 9.89. The monoisotopic (exact) mass is 286 g/mol. The maximum Gasteiger partial charge on any atom is 0.330 e.